The molecule has 1 heterocycles. The average molecular weight is 220 g/mol. The number of imidazole rings is 1. The van der Waals surface area contributed by atoms with Crippen molar-refractivity contribution in [3.8, 4) is 6.07 Å². The second-order valence-corrected chi connectivity index (χ2v) is 4.88. The molecule has 88 valence electrons. The average Bonchev–Trinajstić information content (AvgIpc) is 2.62. The Labute approximate surface area is 97.3 Å². The van der Waals surface area contributed by atoms with Crippen LogP contribution in [0.4, 0.5) is 0 Å². The van der Waals surface area contributed by atoms with Crippen molar-refractivity contribution in [2.75, 3.05) is 6.54 Å². The van der Waals surface area contributed by atoms with Crippen molar-refractivity contribution in [3.63, 3.8) is 0 Å². The molecule has 0 aliphatic heterocycles. The highest BCUT2D eigenvalue weighted by molar-refractivity contribution is 4.90. The van der Waals surface area contributed by atoms with Crippen molar-refractivity contribution in [2.24, 2.45) is 12.5 Å². The Morgan fingerprint density at radius 3 is 2.88 bits per heavy atom. The predicted octanol–water partition coefficient (Wildman–Crippen LogP) is 1.84. The highest BCUT2D eigenvalue weighted by Gasteiger charge is 2.16. The number of aromatic nitrogens is 2. The van der Waals surface area contributed by atoms with Gasteiger partial charge in [0.25, 0.3) is 0 Å². The molecule has 4 heteroatoms. The molecule has 0 bridgehead atoms. The zero-order chi connectivity index (χ0) is 12.0. The van der Waals surface area contributed by atoms with Gasteiger partial charge < -0.3 is 9.88 Å². The zero-order valence-corrected chi connectivity index (χ0v) is 10.3. The van der Waals surface area contributed by atoms with E-state index >= 15 is 0 Å². The van der Waals surface area contributed by atoms with Crippen molar-refractivity contribution in [1.29, 1.82) is 5.26 Å². The number of hydrogen-bond acceptors (Lipinski definition) is 3. The molecule has 0 fully saturated rings. The minimum atomic E-state index is 0.168. The van der Waals surface area contributed by atoms with Crippen LogP contribution in [0, 0.1) is 16.7 Å². The molecule has 0 unspecified atom stereocenters. The molecule has 0 amide bonds. The third kappa shape index (κ3) is 4.03. The molecule has 4 nitrogen and oxygen atoms in total. The van der Waals surface area contributed by atoms with Gasteiger partial charge in [-0.1, -0.05) is 13.8 Å². The van der Waals surface area contributed by atoms with Crippen molar-refractivity contribution in [3.05, 3.63) is 18.2 Å². The van der Waals surface area contributed by atoms with Crippen LogP contribution in [0.15, 0.2) is 12.4 Å². The van der Waals surface area contributed by atoms with E-state index in [1.807, 2.05) is 17.8 Å². The standard InChI is InChI=1S/C12H20N4/c1-12(2,5-4-6-13)10-14-9-11-15-7-8-16(11)3/h7-8,14H,4-5,9-10H2,1-3H3. The molecule has 1 rings (SSSR count). The summed E-state index contributed by atoms with van der Waals surface area (Å²) in [6.07, 6.45) is 5.30. The summed E-state index contributed by atoms with van der Waals surface area (Å²) in [6, 6.07) is 2.19. The van der Waals surface area contributed by atoms with Gasteiger partial charge in [0.1, 0.15) is 5.82 Å². The smallest absolute Gasteiger partial charge is 0.122 e. The summed E-state index contributed by atoms with van der Waals surface area (Å²) in [5.74, 6) is 1.04. The Kier molecular flexibility index (Phi) is 4.51. The first-order valence-electron chi connectivity index (χ1n) is 5.59. The molecular weight excluding hydrogens is 200 g/mol. The van der Waals surface area contributed by atoms with E-state index in [0.29, 0.717) is 6.42 Å². The number of hydrogen-bond donors (Lipinski definition) is 1. The first kappa shape index (κ1) is 12.7. The number of aryl methyl sites for hydroxylation is 1. The summed E-state index contributed by atoms with van der Waals surface area (Å²) in [4.78, 5) is 4.25. The normalized spacial score (nSPS) is 11.4. The second-order valence-electron chi connectivity index (χ2n) is 4.88. The number of nitrogens with one attached hydrogen (secondary N) is 1. The lowest BCUT2D eigenvalue weighted by Crippen LogP contribution is -2.29. The summed E-state index contributed by atoms with van der Waals surface area (Å²) >= 11 is 0. The molecule has 1 aromatic rings. The minimum Gasteiger partial charge on any atom is -0.337 e. The topological polar surface area (TPSA) is 53.6 Å². The lowest BCUT2D eigenvalue weighted by molar-refractivity contribution is 0.315. The summed E-state index contributed by atoms with van der Waals surface area (Å²) < 4.78 is 2.01. The lowest BCUT2D eigenvalue weighted by Gasteiger charge is -2.23. The lowest BCUT2D eigenvalue weighted by atomic mass is 9.88. The molecule has 0 aromatic carbocycles. The van der Waals surface area contributed by atoms with Gasteiger partial charge in [0, 0.05) is 32.4 Å². The highest BCUT2D eigenvalue weighted by Crippen LogP contribution is 2.20. The maximum atomic E-state index is 8.56. The van der Waals surface area contributed by atoms with Crippen molar-refractivity contribution >= 4 is 0 Å². The molecule has 16 heavy (non-hydrogen) atoms. The van der Waals surface area contributed by atoms with E-state index in [0.717, 1.165) is 25.3 Å². The van der Waals surface area contributed by atoms with E-state index in [-0.39, 0.29) is 5.41 Å². The first-order chi connectivity index (χ1) is 7.55. The van der Waals surface area contributed by atoms with Crippen LogP contribution in [-0.4, -0.2) is 16.1 Å². The summed E-state index contributed by atoms with van der Waals surface area (Å²) in [5.41, 5.74) is 0.168. The maximum absolute atomic E-state index is 8.56. The van der Waals surface area contributed by atoms with E-state index in [2.05, 4.69) is 30.2 Å². The van der Waals surface area contributed by atoms with Gasteiger partial charge in [0.05, 0.1) is 12.6 Å². The number of nitrogens with zero attached hydrogens (tertiary/aromatic N) is 3. The first-order valence-corrected chi connectivity index (χ1v) is 5.59. The van der Waals surface area contributed by atoms with E-state index in [4.69, 9.17) is 5.26 Å². The van der Waals surface area contributed by atoms with Gasteiger partial charge in [-0.2, -0.15) is 5.26 Å². The van der Waals surface area contributed by atoms with Crippen LogP contribution in [0.2, 0.25) is 0 Å². The van der Waals surface area contributed by atoms with Gasteiger partial charge in [-0.05, 0) is 11.8 Å². The third-order valence-electron chi connectivity index (χ3n) is 2.72. The fraction of sp³-hybridized carbons (Fsp3) is 0.667. The van der Waals surface area contributed by atoms with Crippen molar-refractivity contribution in [2.45, 2.75) is 33.2 Å². The summed E-state index contributed by atoms with van der Waals surface area (Å²) in [5, 5.41) is 11.9. The maximum Gasteiger partial charge on any atom is 0.122 e. The Balaban J connectivity index is 2.30. The minimum absolute atomic E-state index is 0.168. The molecule has 0 saturated heterocycles. The molecular formula is C12H20N4. The quantitative estimate of drug-likeness (QED) is 0.796. The van der Waals surface area contributed by atoms with Crippen molar-refractivity contribution in [1.82, 2.24) is 14.9 Å². The monoisotopic (exact) mass is 220 g/mol. The Morgan fingerprint density at radius 2 is 2.31 bits per heavy atom. The fourth-order valence-electron chi connectivity index (χ4n) is 1.56. The molecule has 0 atom stereocenters. The van der Waals surface area contributed by atoms with E-state index in [9.17, 15) is 0 Å². The number of nitriles is 1. The van der Waals surface area contributed by atoms with Crippen LogP contribution in [0.1, 0.15) is 32.5 Å². The summed E-state index contributed by atoms with van der Waals surface area (Å²) in [6.45, 7) is 6.03. The van der Waals surface area contributed by atoms with Gasteiger partial charge in [-0.25, -0.2) is 4.98 Å². The van der Waals surface area contributed by atoms with E-state index < -0.39 is 0 Å². The van der Waals surface area contributed by atoms with Crippen LogP contribution in [0.5, 0.6) is 0 Å². The zero-order valence-electron chi connectivity index (χ0n) is 10.3. The SMILES string of the molecule is Cn1ccnc1CNCC(C)(C)CCC#N. The van der Waals surface area contributed by atoms with E-state index in [1.54, 1.807) is 6.20 Å². The van der Waals surface area contributed by atoms with Gasteiger partial charge in [-0.3, -0.25) is 0 Å². The molecule has 1 N–H and O–H groups in total. The fourth-order valence-corrected chi connectivity index (χ4v) is 1.56. The van der Waals surface area contributed by atoms with Crippen LogP contribution in [0.3, 0.4) is 0 Å². The molecule has 0 radical (unpaired) electrons. The second kappa shape index (κ2) is 5.66. The Hall–Kier alpha value is -1.34. The van der Waals surface area contributed by atoms with Gasteiger partial charge in [-0.15, -0.1) is 0 Å². The third-order valence-corrected chi connectivity index (χ3v) is 2.72. The molecule has 1 aromatic heterocycles. The van der Waals surface area contributed by atoms with Crippen LogP contribution < -0.4 is 5.32 Å². The Bertz CT molecular complexity index is 359. The Morgan fingerprint density at radius 1 is 1.56 bits per heavy atom. The molecule has 0 aliphatic rings. The van der Waals surface area contributed by atoms with Crippen molar-refractivity contribution < 1.29 is 0 Å². The molecule has 0 aliphatic carbocycles. The van der Waals surface area contributed by atoms with Crippen LogP contribution in [-0.2, 0) is 13.6 Å². The van der Waals surface area contributed by atoms with Crippen LogP contribution in [0.25, 0.3) is 0 Å². The van der Waals surface area contributed by atoms with Gasteiger partial charge in [0.2, 0.25) is 0 Å². The van der Waals surface area contributed by atoms with Gasteiger partial charge in [0.15, 0.2) is 0 Å². The van der Waals surface area contributed by atoms with Gasteiger partial charge >= 0.3 is 0 Å². The van der Waals surface area contributed by atoms with E-state index in [1.165, 1.54) is 0 Å². The molecule has 0 spiro atoms. The highest BCUT2D eigenvalue weighted by atomic mass is 15.1. The van der Waals surface area contributed by atoms with Crippen LogP contribution >= 0.6 is 0 Å². The molecule has 0 saturated carbocycles. The number of rotatable bonds is 6. The largest absolute Gasteiger partial charge is 0.337 e. The predicted molar refractivity (Wildman–Crippen MR) is 63.5 cm³/mol. The summed E-state index contributed by atoms with van der Waals surface area (Å²) in [7, 11) is 1.99.